The maximum Gasteiger partial charge on any atom is 0.271 e. The number of hydrogen-bond acceptors (Lipinski definition) is 4. The van der Waals surface area contributed by atoms with Crippen molar-refractivity contribution in [2.75, 3.05) is 24.3 Å². The molecule has 0 saturated heterocycles. The maximum atomic E-state index is 12.1. The molecule has 0 aliphatic rings. The zero-order valence-electron chi connectivity index (χ0n) is 13.9. The van der Waals surface area contributed by atoms with Gasteiger partial charge in [-0.25, -0.2) is 5.43 Å². The fourth-order valence-electron chi connectivity index (χ4n) is 2.03. The van der Waals surface area contributed by atoms with E-state index in [0.29, 0.717) is 11.3 Å². The van der Waals surface area contributed by atoms with E-state index in [1.807, 2.05) is 43.3 Å². The van der Waals surface area contributed by atoms with Crippen LogP contribution >= 0.6 is 0 Å². The summed E-state index contributed by atoms with van der Waals surface area (Å²) in [4.78, 5) is 25.1. The lowest BCUT2D eigenvalue weighted by atomic mass is 10.2. The molecular weight excluding hydrogens is 304 g/mol. The third-order valence-electron chi connectivity index (χ3n) is 3.23. The second kappa shape index (κ2) is 7.92. The van der Waals surface area contributed by atoms with Crippen LogP contribution in [0.5, 0.6) is 0 Å². The van der Waals surface area contributed by atoms with E-state index < -0.39 is 0 Å². The lowest BCUT2D eigenvalue weighted by molar-refractivity contribution is -0.114. The minimum atomic E-state index is -0.344. The van der Waals surface area contributed by atoms with Gasteiger partial charge in [-0.15, -0.1) is 0 Å². The third kappa shape index (κ3) is 4.95. The molecule has 2 rings (SSSR count). The van der Waals surface area contributed by atoms with Crippen molar-refractivity contribution in [3.8, 4) is 0 Å². The summed E-state index contributed by atoms with van der Waals surface area (Å²) in [6, 6.07) is 14.4. The number of anilines is 2. The summed E-state index contributed by atoms with van der Waals surface area (Å²) in [5.41, 5.74) is 5.43. The number of benzene rings is 2. The molecule has 0 atom stereocenters. The highest BCUT2D eigenvalue weighted by molar-refractivity contribution is 5.97. The van der Waals surface area contributed by atoms with E-state index in [1.54, 1.807) is 30.5 Å². The van der Waals surface area contributed by atoms with Crippen molar-refractivity contribution in [2.45, 2.75) is 6.92 Å². The minimum Gasteiger partial charge on any atom is -0.378 e. The number of nitrogens with zero attached hydrogens (tertiary/aromatic N) is 2. The number of nitrogens with one attached hydrogen (secondary N) is 2. The average Bonchev–Trinajstić information content (AvgIpc) is 2.55. The van der Waals surface area contributed by atoms with Gasteiger partial charge in [0.15, 0.2) is 0 Å². The molecule has 0 radical (unpaired) electrons. The Morgan fingerprint density at radius 3 is 2.42 bits per heavy atom. The van der Waals surface area contributed by atoms with Crippen molar-refractivity contribution in [1.29, 1.82) is 0 Å². The third-order valence-corrected chi connectivity index (χ3v) is 3.23. The van der Waals surface area contributed by atoms with E-state index in [4.69, 9.17) is 0 Å². The molecule has 2 aromatic rings. The Hall–Kier alpha value is -3.15. The van der Waals surface area contributed by atoms with Crippen LogP contribution in [0.15, 0.2) is 53.6 Å². The summed E-state index contributed by atoms with van der Waals surface area (Å²) in [7, 11) is 3.94. The monoisotopic (exact) mass is 324 g/mol. The molecule has 0 saturated carbocycles. The minimum absolute atomic E-state index is 0.188. The maximum absolute atomic E-state index is 12.1. The van der Waals surface area contributed by atoms with E-state index in [2.05, 4.69) is 15.8 Å². The van der Waals surface area contributed by atoms with Crippen molar-refractivity contribution in [1.82, 2.24) is 5.43 Å². The fourth-order valence-corrected chi connectivity index (χ4v) is 2.03. The van der Waals surface area contributed by atoms with Gasteiger partial charge in [0.25, 0.3) is 5.91 Å². The van der Waals surface area contributed by atoms with Crippen LogP contribution in [0.2, 0.25) is 0 Å². The highest BCUT2D eigenvalue weighted by Gasteiger charge is 2.05. The van der Waals surface area contributed by atoms with Crippen LogP contribution in [-0.4, -0.2) is 32.1 Å². The Morgan fingerprint density at radius 1 is 1.08 bits per heavy atom. The number of carbonyl (C=O) groups excluding carboxylic acids is 2. The normalized spacial score (nSPS) is 10.5. The molecule has 2 aromatic carbocycles. The molecule has 2 amide bonds. The number of hydrazone groups is 1. The molecule has 0 heterocycles. The van der Waals surface area contributed by atoms with Crippen molar-refractivity contribution < 1.29 is 9.59 Å². The summed E-state index contributed by atoms with van der Waals surface area (Å²) in [6.07, 6.45) is 1.58. The summed E-state index contributed by atoms with van der Waals surface area (Å²) in [6.45, 7) is 1.42. The van der Waals surface area contributed by atoms with E-state index in [0.717, 1.165) is 11.3 Å². The SMILES string of the molecule is CC(=O)Nc1cccc(C(=O)N/N=C/c2ccc(N(C)C)cc2)c1. The molecule has 0 unspecified atom stereocenters. The smallest absolute Gasteiger partial charge is 0.271 e. The van der Waals surface area contributed by atoms with Crippen molar-refractivity contribution in [3.05, 3.63) is 59.7 Å². The summed E-state index contributed by atoms with van der Waals surface area (Å²) in [5.74, 6) is -0.532. The predicted molar refractivity (Wildman–Crippen MR) is 96.6 cm³/mol. The van der Waals surface area contributed by atoms with Crippen LogP contribution in [0.3, 0.4) is 0 Å². The van der Waals surface area contributed by atoms with Gasteiger partial charge in [0.1, 0.15) is 0 Å². The van der Waals surface area contributed by atoms with Gasteiger partial charge in [-0.1, -0.05) is 18.2 Å². The first-order valence-electron chi connectivity index (χ1n) is 7.44. The number of amides is 2. The lowest BCUT2D eigenvalue weighted by Gasteiger charge is -2.11. The lowest BCUT2D eigenvalue weighted by Crippen LogP contribution is -2.18. The van der Waals surface area contributed by atoms with Crippen LogP contribution in [0.1, 0.15) is 22.8 Å². The Balaban J connectivity index is 1.98. The number of hydrogen-bond donors (Lipinski definition) is 2. The predicted octanol–water partition coefficient (Wildman–Crippen LogP) is 2.47. The highest BCUT2D eigenvalue weighted by atomic mass is 16.2. The quantitative estimate of drug-likeness (QED) is 0.655. The standard InChI is InChI=1S/C18H20N4O2/c1-13(23)20-16-6-4-5-15(11-16)18(24)21-19-12-14-7-9-17(10-8-14)22(2)3/h4-12H,1-3H3,(H,20,23)(H,21,24)/b19-12+. The first-order chi connectivity index (χ1) is 11.5. The van der Waals surface area contributed by atoms with Gasteiger partial charge in [-0.05, 0) is 35.9 Å². The Bertz CT molecular complexity index is 752. The van der Waals surface area contributed by atoms with Gasteiger partial charge in [0, 0.05) is 38.0 Å². The van der Waals surface area contributed by atoms with E-state index in [9.17, 15) is 9.59 Å². The molecule has 2 N–H and O–H groups in total. The molecule has 0 bridgehead atoms. The molecule has 0 aliphatic carbocycles. The van der Waals surface area contributed by atoms with E-state index in [1.165, 1.54) is 6.92 Å². The number of carbonyl (C=O) groups is 2. The van der Waals surface area contributed by atoms with Gasteiger partial charge in [-0.2, -0.15) is 5.10 Å². The van der Waals surface area contributed by atoms with Crippen LogP contribution in [0.25, 0.3) is 0 Å². The molecule has 0 fully saturated rings. The second-order valence-corrected chi connectivity index (χ2v) is 5.45. The zero-order chi connectivity index (χ0) is 17.5. The molecule has 0 aromatic heterocycles. The van der Waals surface area contributed by atoms with Crippen molar-refractivity contribution in [2.24, 2.45) is 5.10 Å². The van der Waals surface area contributed by atoms with Crippen LogP contribution in [0, 0.1) is 0 Å². The van der Waals surface area contributed by atoms with Crippen LogP contribution in [-0.2, 0) is 4.79 Å². The zero-order valence-corrected chi connectivity index (χ0v) is 13.9. The van der Waals surface area contributed by atoms with E-state index in [-0.39, 0.29) is 11.8 Å². The summed E-state index contributed by atoms with van der Waals surface area (Å²) in [5, 5.41) is 6.59. The molecule has 124 valence electrons. The Kier molecular flexibility index (Phi) is 5.68. The molecule has 24 heavy (non-hydrogen) atoms. The summed E-state index contributed by atoms with van der Waals surface area (Å²) < 4.78 is 0. The fraction of sp³-hybridized carbons (Fsp3) is 0.167. The Morgan fingerprint density at radius 2 is 1.79 bits per heavy atom. The first-order valence-corrected chi connectivity index (χ1v) is 7.44. The van der Waals surface area contributed by atoms with Crippen molar-refractivity contribution in [3.63, 3.8) is 0 Å². The van der Waals surface area contributed by atoms with Gasteiger partial charge < -0.3 is 10.2 Å². The van der Waals surface area contributed by atoms with Crippen LogP contribution in [0.4, 0.5) is 11.4 Å². The topological polar surface area (TPSA) is 73.8 Å². The Labute approximate surface area is 141 Å². The van der Waals surface area contributed by atoms with Crippen molar-refractivity contribution >= 4 is 29.4 Å². The van der Waals surface area contributed by atoms with Gasteiger partial charge in [-0.3, -0.25) is 9.59 Å². The van der Waals surface area contributed by atoms with Gasteiger partial charge in [0.2, 0.25) is 5.91 Å². The molecule has 6 nitrogen and oxygen atoms in total. The largest absolute Gasteiger partial charge is 0.378 e. The second-order valence-electron chi connectivity index (χ2n) is 5.45. The molecule has 6 heteroatoms. The summed E-state index contributed by atoms with van der Waals surface area (Å²) >= 11 is 0. The molecule has 0 spiro atoms. The molecular formula is C18H20N4O2. The van der Waals surface area contributed by atoms with Gasteiger partial charge >= 0.3 is 0 Å². The van der Waals surface area contributed by atoms with E-state index >= 15 is 0 Å². The highest BCUT2D eigenvalue weighted by Crippen LogP contribution is 2.12. The number of rotatable bonds is 5. The van der Waals surface area contributed by atoms with Gasteiger partial charge in [0.05, 0.1) is 6.21 Å². The first kappa shape index (κ1) is 17.2. The molecule has 0 aliphatic heterocycles. The van der Waals surface area contributed by atoms with Crippen LogP contribution < -0.4 is 15.6 Å². The average molecular weight is 324 g/mol.